The maximum Gasteiger partial charge on any atom is 0.237 e. The summed E-state index contributed by atoms with van der Waals surface area (Å²) in [6.07, 6.45) is 0. The largest absolute Gasteiger partial charge is 0.495 e. The van der Waals surface area contributed by atoms with Gasteiger partial charge < -0.3 is 15.4 Å². The predicted molar refractivity (Wildman–Crippen MR) is 121 cm³/mol. The Morgan fingerprint density at radius 1 is 1.14 bits per heavy atom. The molecule has 0 fully saturated rings. The minimum Gasteiger partial charge on any atom is -0.495 e. The topological polar surface area (TPSA) is 76.1 Å². The van der Waals surface area contributed by atoms with Gasteiger partial charge in [-0.25, -0.2) is 0 Å². The molecule has 3 aromatic rings. The molecule has 29 heavy (non-hydrogen) atoms. The van der Waals surface area contributed by atoms with Gasteiger partial charge in [0.15, 0.2) is 4.34 Å². The lowest BCUT2D eigenvalue weighted by atomic mass is 10.1. The number of methoxy groups -OCH3 is 1. The molecule has 0 spiro atoms. The number of carbonyl (C=O) groups is 1. The second-order valence-corrected chi connectivity index (χ2v) is 9.29. The Hall–Kier alpha value is -2.58. The molecule has 0 saturated carbocycles. The molecule has 3 rings (SSSR count). The molecule has 0 aliphatic rings. The molecule has 8 heteroatoms. The molecule has 0 aliphatic heterocycles. The third-order valence-electron chi connectivity index (χ3n) is 4.33. The van der Waals surface area contributed by atoms with Crippen LogP contribution in [0.3, 0.4) is 0 Å². The summed E-state index contributed by atoms with van der Waals surface area (Å²) >= 11 is 2.79. The standard InChI is InChI=1S/C21H24N4O2S2/c1-12-10-13(2)18(14(3)11-12)23-19(26)15(4)28-21-25-24-20(29-21)22-16-8-6-7-9-17(16)27-5/h6-11,15H,1-5H3,(H,22,24)(H,23,26). The molecule has 1 unspecified atom stereocenters. The Labute approximate surface area is 179 Å². The van der Waals surface area contributed by atoms with Gasteiger partial charge in [-0.2, -0.15) is 0 Å². The van der Waals surface area contributed by atoms with E-state index in [0.29, 0.717) is 5.13 Å². The van der Waals surface area contributed by atoms with Crippen LogP contribution in [0.1, 0.15) is 23.6 Å². The summed E-state index contributed by atoms with van der Waals surface area (Å²) in [6, 6.07) is 11.8. The first-order valence-electron chi connectivity index (χ1n) is 9.16. The van der Waals surface area contributed by atoms with Gasteiger partial charge in [-0.05, 0) is 51.0 Å². The highest BCUT2D eigenvalue weighted by atomic mass is 32.2. The van der Waals surface area contributed by atoms with E-state index < -0.39 is 0 Å². The molecule has 152 valence electrons. The summed E-state index contributed by atoms with van der Waals surface area (Å²) < 4.78 is 6.06. The van der Waals surface area contributed by atoms with Gasteiger partial charge in [-0.3, -0.25) is 4.79 Å². The van der Waals surface area contributed by atoms with E-state index in [1.165, 1.54) is 28.7 Å². The Kier molecular flexibility index (Phi) is 6.76. The Bertz CT molecular complexity index is 996. The van der Waals surface area contributed by atoms with Gasteiger partial charge in [0.25, 0.3) is 0 Å². The minimum atomic E-state index is -0.304. The second kappa shape index (κ2) is 9.28. The van der Waals surface area contributed by atoms with E-state index in [1.54, 1.807) is 7.11 Å². The molecular weight excluding hydrogens is 404 g/mol. The highest BCUT2D eigenvalue weighted by Crippen LogP contribution is 2.33. The first-order valence-corrected chi connectivity index (χ1v) is 10.9. The highest BCUT2D eigenvalue weighted by molar-refractivity contribution is 8.02. The highest BCUT2D eigenvalue weighted by Gasteiger charge is 2.19. The number of carbonyl (C=O) groups excluding carboxylic acids is 1. The van der Waals surface area contributed by atoms with Crippen molar-refractivity contribution < 1.29 is 9.53 Å². The number of nitrogens with zero attached hydrogens (tertiary/aromatic N) is 2. The van der Waals surface area contributed by atoms with Crippen LogP contribution in [-0.4, -0.2) is 28.5 Å². The predicted octanol–water partition coefficient (Wildman–Crippen LogP) is 5.33. The number of para-hydroxylation sites is 2. The average molecular weight is 429 g/mol. The molecule has 0 saturated heterocycles. The van der Waals surface area contributed by atoms with Crippen LogP contribution in [0.5, 0.6) is 5.75 Å². The third-order valence-corrected chi connectivity index (χ3v) is 6.35. The van der Waals surface area contributed by atoms with E-state index in [9.17, 15) is 4.79 Å². The molecule has 1 atom stereocenters. The van der Waals surface area contributed by atoms with Gasteiger partial charge in [0, 0.05) is 5.69 Å². The Balaban J connectivity index is 1.64. The third kappa shape index (κ3) is 5.27. The van der Waals surface area contributed by atoms with Crippen LogP contribution >= 0.6 is 23.1 Å². The number of ether oxygens (including phenoxy) is 1. The van der Waals surface area contributed by atoms with Crippen molar-refractivity contribution >= 4 is 45.5 Å². The first kappa shape index (κ1) is 21.1. The van der Waals surface area contributed by atoms with Crippen molar-refractivity contribution in [1.29, 1.82) is 0 Å². The lowest BCUT2D eigenvalue weighted by Crippen LogP contribution is -2.23. The van der Waals surface area contributed by atoms with Crippen molar-refractivity contribution in [1.82, 2.24) is 10.2 Å². The molecule has 0 bridgehead atoms. The zero-order chi connectivity index (χ0) is 21.0. The Morgan fingerprint density at radius 2 is 1.83 bits per heavy atom. The number of thioether (sulfide) groups is 1. The van der Waals surface area contributed by atoms with Gasteiger partial charge in [-0.15, -0.1) is 10.2 Å². The van der Waals surface area contributed by atoms with E-state index in [1.807, 2.05) is 45.0 Å². The maximum atomic E-state index is 12.7. The summed E-state index contributed by atoms with van der Waals surface area (Å²) in [5.74, 6) is 0.674. The van der Waals surface area contributed by atoms with Crippen LogP contribution in [0.2, 0.25) is 0 Å². The lowest BCUT2D eigenvalue weighted by molar-refractivity contribution is -0.115. The van der Waals surface area contributed by atoms with Crippen molar-refractivity contribution in [3.05, 3.63) is 53.1 Å². The SMILES string of the molecule is COc1ccccc1Nc1nnc(SC(C)C(=O)Nc2c(C)cc(C)cc2C)s1. The molecule has 1 amide bonds. The second-order valence-electron chi connectivity index (χ2n) is 6.72. The van der Waals surface area contributed by atoms with Crippen molar-refractivity contribution in [3.63, 3.8) is 0 Å². The zero-order valence-corrected chi connectivity index (χ0v) is 18.7. The number of rotatable bonds is 7. The van der Waals surface area contributed by atoms with Gasteiger partial charge in [-0.1, -0.05) is 52.9 Å². The minimum absolute atomic E-state index is 0.0560. The van der Waals surface area contributed by atoms with Crippen LogP contribution in [-0.2, 0) is 4.79 Å². The molecule has 1 aromatic heterocycles. The lowest BCUT2D eigenvalue weighted by Gasteiger charge is -2.15. The van der Waals surface area contributed by atoms with E-state index in [0.717, 1.165) is 32.6 Å². The van der Waals surface area contributed by atoms with Gasteiger partial charge in [0.1, 0.15) is 5.75 Å². The first-order chi connectivity index (χ1) is 13.9. The summed E-state index contributed by atoms with van der Waals surface area (Å²) in [5.41, 5.74) is 5.01. The van der Waals surface area contributed by atoms with E-state index in [4.69, 9.17) is 4.74 Å². The fourth-order valence-corrected chi connectivity index (χ4v) is 4.89. The zero-order valence-electron chi connectivity index (χ0n) is 17.1. The summed E-state index contributed by atoms with van der Waals surface area (Å²) in [5, 5.41) is 15.0. The molecule has 1 heterocycles. The van der Waals surface area contributed by atoms with Gasteiger partial charge in [0.2, 0.25) is 11.0 Å². The van der Waals surface area contributed by atoms with Crippen molar-refractivity contribution in [2.24, 2.45) is 0 Å². The fraction of sp³-hybridized carbons (Fsp3) is 0.286. The molecule has 0 radical (unpaired) electrons. The number of nitrogens with one attached hydrogen (secondary N) is 2. The fourth-order valence-electron chi connectivity index (χ4n) is 2.98. The quantitative estimate of drug-likeness (QED) is 0.495. The Morgan fingerprint density at radius 3 is 2.52 bits per heavy atom. The number of benzene rings is 2. The van der Waals surface area contributed by atoms with Crippen LogP contribution in [0.25, 0.3) is 0 Å². The normalized spacial score (nSPS) is 11.8. The summed E-state index contributed by atoms with van der Waals surface area (Å²) in [7, 11) is 1.62. The van der Waals surface area contributed by atoms with Gasteiger partial charge >= 0.3 is 0 Å². The number of amides is 1. The number of anilines is 3. The maximum absolute atomic E-state index is 12.7. The van der Waals surface area contributed by atoms with E-state index in [2.05, 4.69) is 39.9 Å². The number of aromatic nitrogens is 2. The molecule has 0 aliphatic carbocycles. The van der Waals surface area contributed by atoms with Crippen LogP contribution in [0, 0.1) is 20.8 Å². The number of aryl methyl sites for hydroxylation is 3. The molecule has 2 N–H and O–H groups in total. The summed E-state index contributed by atoms with van der Waals surface area (Å²) in [6.45, 7) is 7.94. The van der Waals surface area contributed by atoms with Crippen molar-refractivity contribution in [2.75, 3.05) is 17.7 Å². The average Bonchev–Trinajstić information content (AvgIpc) is 3.11. The number of hydrogen-bond donors (Lipinski definition) is 2. The van der Waals surface area contributed by atoms with Gasteiger partial charge in [0.05, 0.1) is 18.0 Å². The van der Waals surface area contributed by atoms with E-state index in [-0.39, 0.29) is 11.2 Å². The van der Waals surface area contributed by atoms with Crippen molar-refractivity contribution in [3.8, 4) is 5.75 Å². The molecule has 2 aromatic carbocycles. The molecular formula is C21H24N4O2S2. The van der Waals surface area contributed by atoms with E-state index >= 15 is 0 Å². The van der Waals surface area contributed by atoms with Crippen LogP contribution in [0.4, 0.5) is 16.5 Å². The monoisotopic (exact) mass is 428 g/mol. The van der Waals surface area contributed by atoms with Crippen molar-refractivity contribution in [2.45, 2.75) is 37.3 Å². The van der Waals surface area contributed by atoms with Crippen LogP contribution in [0.15, 0.2) is 40.7 Å². The summed E-state index contributed by atoms with van der Waals surface area (Å²) in [4.78, 5) is 12.7. The molecule has 6 nitrogen and oxygen atoms in total. The number of hydrogen-bond acceptors (Lipinski definition) is 7. The van der Waals surface area contributed by atoms with Crippen LogP contribution < -0.4 is 15.4 Å². The smallest absolute Gasteiger partial charge is 0.237 e.